The molecule has 3 aliphatic carbocycles. The number of esters is 1. The van der Waals surface area contributed by atoms with E-state index in [0.717, 1.165) is 36.6 Å². The van der Waals surface area contributed by atoms with E-state index in [0.29, 0.717) is 34.1 Å². The standard InChI is InChI=1S/C24H23ClFN5O2/c1-2-33-24(32)19-12-3-5-13(6-4-12)20(19)31-11-18(26)17-10-29-22(30-23(17)31)16-9-28-21-15(16)7-14(25)8-27-21/h7-13,19-20H,2-6H2,1H3,(H,27,28)/t12?,13?,19-,20-/m0/s1. The van der Waals surface area contributed by atoms with Crippen molar-refractivity contribution in [2.75, 3.05) is 6.61 Å². The van der Waals surface area contributed by atoms with Gasteiger partial charge in [0.1, 0.15) is 11.3 Å². The number of fused-ring (bicyclic) bond motifs is 5. The van der Waals surface area contributed by atoms with E-state index in [2.05, 4.69) is 15.0 Å². The highest BCUT2D eigenvalue weighted by Gasteiger charge is 2.49. The molecule has 1 N–H and O–H groups in total. The Morgan fingerprint density at radius 3 is 2.79 bits per heavy atom. The minimum absolute atomic E-state index is 0.176. The zero-order valence-electron chi connectivity index (χ0n) is 18.1. The lowest BCUT2D eigenvalue weighted by Crippen LogP contribution is -2.45. The molecule has 4 aromatic rings. The predicted octanol–water partition coefficient (Wildman–Crippen LogP) is 5.31. The van der Waals surface area contributed by atoms with Gasteiger partial charge in [0.05, 0.1) is 29.0 Å². The number of halogens is 2. The first-order valence-corrected chi connectivity index (χ1v) is 11.8. The minimum Gasteiger partial charge on any atom is -0.466 e. The third-order valence-electron chi connectivity index (χ3n) is 7.32. The van der Waals surface area contributed by atoms with Crippen molar-refractivity contribution < 1.29 is 13.9 Å². The van der Waals surface area contributed by atoms with Crippen molar-refractivity contribution >= 4 is 39.6 Å². The van der Waals surface area contributed by atoms with Crippen LogP contribution in [-0.2, 0) is 9.53 Å². The number of aromatic nitrogens is 5. The monoisotopic (exact) mass is 467 g/mol. The number of ether oxygens (including phenoxy) is 1. The Bertz CT molecular complexity index is 1370. The molecular formula is C24H23ClFN5O2. The van der Waals surface area contributed by atoms with Gasteiger partial charge in [0.2, 0.25) is 0 Å². The number of carbonyl (C=O) groups is 1. The Hall–Kier alpha value is -3.00. The van der Waals surface area contributed by atoms with Crippen LogP contribution in [-0.4, -0.2) is 37.1 Å². The number of nitrogens with zero attached hydrogens (tertiary/aromatic N) is 4. The molecule has 3 aliphatic rings. The Labute approximate surface area is 194 Å². The molecule has 7 nitrogen and oxygen atoms in total. The largest absolute Gasteiger partial charge is 0.466 e. The maximum Gasteiger partial charge on any atom is 0.311 e. The van der Waals surface area contributed by atoms with Crippen LogP contribution in [0, 0.1) is 23.6 Å². The van der Waals surface area contributed by atoms with Crippen LogP contribution in [0.1, 0.15) is 38.6 Å². The van der Waals surface area contributed by atoms with E-state index < -0.39 is 0 Å². The van der Waals surface area contributed by atoms with Crippen molar-refractivity contribution in [1.82, 2.24) is 24.5 Å². The number of hydrogen-bond donors (Lipinski definition) is 1. The van der Waals surface area contributed by atoms with Crippen LogP contribution >= 0.6 is 11.6 Å². The smallest absolute Gasteiger partial charge is 0.311 e. The van der Waals surface area contributed by atoms with Gasteiger partial charge in [-0.2, -0.15) is 0 Å². The Morgan fingerprint density at radius 1 is 1.21 bits per heavy atom. The van der Waals surface area contributed by atoms with Crippen LogP contribution in [0.4, 0.5) is 4.39 Å². The average Bonchev–Trinajstić information content (AvgIpc) is 3.39. The molecule has 0 aliphatic heterocycles. The SMILES string of the molecule is CCOC(=O)[C@H]1C2CCC(CC2)[C@@H]1n1cc(F)c2cnc(-c3c[nH]c4ncc(Cl)cc34)nc21. The fraction of sp³-hybridized carbons (Fsp3) is 0.417. The van der Waals surface area contributed by atoms with Crippen molar-refractivity contribution in [3.05, 3.63) is 41.7 Å². The Balaban J connectivity index is 1.50. The molecule has 0 spiro atoms. The highest BCUT2D eigenvalue weighted by atomic mass is 35.5. The summed E-state index contributed by atoms with van der Waals surface area (Å²) < 4.78 is 22.3. The molecule has 0 aromatic carbocycles. The van der Waals surface area contributed by atoms with Gasteiger partial charge in [-0.15, -0.1) is 0 Å². The van der Waals surface area contributed by atoms with Gasteiger partial charge in [-0.1, -0.05) is 11.6 Å². The van der Waals surface area contributed by atoms with Crippen molar-refractivity contribution in [1.29, 1.82) is 0 Å². The lowest BCUT2D eigenvalue weighted by Gasteiger charge is -2.47. The van der Waals surface area contributed by atoms with E-state index in [-0.39, 0.29) is 35.6 Å². The summed E-state index contributed by atoms with van der Waals surface area (Å²) in [5, 5.41) is 1.65. The van der Waals surface area contributed by atoms with E-state index in [1.807, 2.05) is 11.5 Å². The van der Waals surface area contributed by atoms with Crippen LogP contribution < -0.4 is 0 Å². The third-order valence-corrected chi connectivity index (χ3v) is 7.52. The minimum atomic E-state index is -0.385. The number of hydrogen-bond acceptors (Lipinski definition) is 5. The van der Waals surface area contributed by atoms with Crippen molar-refractivity contribution in [2.45, 2.75) is 38.6 Å². The van der Waals surface area contributed by atoms with Gasteiger partial charge in [0.25, 0.3) is 0 Å². The van der Waals surface area contributed by atoms with Gasteiger partial charge in [-0.05, 0) is 50.5 Å². The first-order valence-electron chi connectivity index (χ1n) is 11.4. The molecule has 0 radical (unpaired) electrons. The number of carbonyl (C=O) groups excluding carboxylic acids is 1. The summed E-state index contributed by atoms with van der Waals surface area (Å²) in [7, 11) is 0. The fourth-order valence-corrected chi connectivity index (χ4v) is 6.06. The Kier molecular flexibility index (Phi) is 4.87. The zero-order valence-corrected chi connectivity index (χ0v) is 18.8. The van der Waals surface area contributed by atoms with Gasteiger partial charge in [-0.25, -0.2) is 19.3 Å². The quantitative estimate of drug-likeness (QED) is 0.411. The van der Waals surface area contributed by atoms with Gasteiger partial charge in [-0.3, -0.25) is 4.79 Å². The van der Waals surface area contributed by atoms with Gasteiger partial charge >= 0.3 is 5.97 Å². The molecule has 9 heteroatoms. The first kappa shape index (κ1) is 20.6. The Morgan fingerprint density at radius 2 is 2.00 bits per heavy atom. The van der Waals surface area contributed by atoms with E-state index in [1.54, 1.807) is 18.5 Å². The second-order valence-corrected chi connectivity index (χ2v) is 9.45. The summed E-state index contributed by atoms with van der Waals surface area (Å²) in [4.78, 5) is 29.6. The molecule has 2 bridgehead atoms. The highest BCUT2D eigenvalue weighted by Crippen LogP contribution is 2.52. The highest BCUT2D eigenvalue weighted by molar-refractivity contribution is 6.31. The number of nitrogens with one attached hydrogen (secondary N) is 1. The number of pyridine rings is 1. The zero-order chi connectivity index (χ0) is 22.7. The molecule has 4 heterocycles. The van der Waals surface area contributed by atoms with Gasteiger partial charge in [0, 0.05) is 35.7 Å². The predicted molar refractivity (Wildman–Crippen MR) is 122 cm³/mol. The molecule has 7 rings (SSSR count). The van der Waals surface area contributed by atoms with Crippen molar-refractivity contribution in [2.24, 2.45) is 17.8 Å². The molecule has 0 unspecified atom stereocenters. The molecule has 4 aromatic heterocycles. The van der Waals surface area contributed by atoms with Crippen LogP contribution in [0.5, 0.6) is 0 Å². The van der Waals surface area contributed by atoms with Crippen LogP contribution in [0.2, 0.25) is 5.02 Å². The first-order chi connectivity index (χ1) is 16.0. The lowest BCUT2D eigenvalue weighted by atomic mass is 9.61. The maximum absolute atomic E-state index is 15.0. The number of H-pyrrole nitrogens is 1. The topological polar surface area (TPSA) is 85.7 Å². The van der Waals surface area contributed by atoms with Crippen molar-refractivity contribution in [3.63, 3.8) is 0 Å². The average molecular weight is 468 g/mol. The van der Waals surface area contributed by atoms with Gasteiger partial charge < -0.3 is 14.3 Å². The fourth-order valence-electron chi connectivity index (χ4n) is 5.90. The van der Waals surface area contributed by atoms with Gasteiger partial charge in [0.15, 0.2) is 11.6 Å². The van der Waals surface area contributed by atoms with Crippen LogP contribution in [0.3, 0.4) is 0 Å². The second kappa shape index (κ2) is 7.80. The summed E-state index contributed by atoms with van der Waals surface area (Å²) in [6, 6.07) is 1.63. The second-order valence-electron chi connectivity index (χ2n) is 9.01. The van der Waals surface area contributed by atoms with E-state index in [4.69, 9.17) is 21.3 Å². The van der Waals surface area contributed by atoms with E-state index in [9.17, 15) is 4.79 Å². The normalized spacial score (nSPS) is 24.6. The van der Waals surface area contributed by atoms with Crippen molar-refractivity contribution in [3.8, 4) is 11.4 Å². The molecule has 170 valence electrons. The molecule has 33 heavy (non-hydrogen) atoms. The molecule has 0 amide bonds. The summed E-state index contributed by atoms with van der Waals surface area (Å²) in [6.45, 7) is 2.16. The third kappa shape index (κ3) is 3.22. The van der Waals surface area contributed by atoms with E-state index in [1.165, 1.54) is 12.4 Å². The molecule has 3 fully saturated rings. The molecule has 0 saturated heterocycles. The number of aromatic amines is 1. The van der Waals surface area contributed by atoms with Crippen LogP contribution in [0.25, 0.3) is 33.5 Å². The van der Waals surface area contributed by atoms with E-state index >= 15 is 4.39 Å². The summed E-state index contributed by atoms with van der Waals surface area (Å²) in [5.74, 6) is 0.124. The maximum atomic E-state index is 15.0. The molecule has 2 atom stereocenters. The number of rotatable bonds is 4. The summed E-state index contributed by atoms with van der Waals surface area (Å²) in [5.41, 5.74) is 1.91. The summed E-state index contributed by atoms with van der Waals surface area (Å²) >= 11 is 6.15. The van der Waals surface area contributed by atoms with Crippen LogP contribution in [0.15, 0.2) is 30.9 Å². The summed E-state index contributed by atoms with van der Waals surface area (Å²) in [6.07, 6.45) is 10.4. The lowest BCUT2D eigenvalue weighted by molar-refractivity contribution is -0.157. The molecule has 3 saturated carbocycles. The molecular weight excluding hydrogens is 445 g/mol.